The first-order valence-electron chi connectivity index (χ1n) is 9.30. The smallest absolute Gasteiger partial charge is 0.259 e. The van der Waals surface area contributed by atoms with Gasteiger partial charge in [-0.15, -0.1) is 0 Å². The number of amides is 2. The standard InChI is InChI=1S/C24H15ClN2O3/c25-15-8-10-22-20(12-15)27-24(29)19-13-16(9-11-21(19)30-22)26-23(28)18-7-3-5-14-4-1-2-6-17(14)18/h1-13H,(H,26,28)(H,27,29). The molecule has 2 N–H and O–H groups in total. The Balaban J connectivity index is 1.46. The van der Waals surface area contributed by atoms with Gasteiger partial charge in [-0.25, -0.2) is 0 Å². The number of halogens is 1. The van der Waals surface area contributed by atoms with Crippen LogP contribution in [0, 0.1) is 0 Å². The summed E-state index contributed by atoms with van der Waals surface area (Å²) in [7, 11) is 0. The van der Waals surface area contributed by atoms with Crippen molar-refractivity contribution >= 4 is 45.6 Å². The number of hydrogen-bond donors (Lipinski definition) is 2. The molecule has 1 aliphatic rings. The Kier molecular flexibility index (Phi) is 4.38. The van der Waals surface area contributed by atoms with Crippen molar-refractivity contribution in [3.8, 4) is 11.5 Å². The third-order valence-corrected chi connectivity index (χ3v) is 5.16. The van der Waals surface area contributed by atoms with E-state index in [1.165, 1.54) is 0 Å². The topological polar surface area (TPSA) is 67.4 Å². The molecular weight excluding hydrogens is 400 g/mol. The maximum absolute atomic E-state index is 12.9. The molecule has 0 bridgehead atoms. The Morgan fingerprint density at radius 1 is 0.900 bits per heavy atom. The molecule has 1 heterocycles. The summed E-state index contributed by atoms with van der Waals surface area (Å²) < 4.78 is 5.88. The molecule has 4 aromatic carbocycles. The minimum atomic E-state index is -0.340. The Hall–Kier alpha value is -3.83. The second-order valence-electron chi connectivity index (χ2n) is 6.89. The summed E-state index contributed by atoms with van der Waals surface area (Å²) >= 11 is 6.02. The summed E-state index contributed by atoms with van der Waals surface area (Å²) in [5.41, 5.74) is 1.86. The molecule has 0 saturated heterocycles. The van der Waals surface area contributed by atoms with E-state index in [0.29, 0.717) is 39.0 Å². The third-order valence-electron chi connectivity index (χ3n) is 4.93. The van der Waals surface area contributed by atoms with Gasteiger partial charge in [0.2, 0.25) is 0 Å². The highest BCUT2D eigenvalue weighted by Crippen LogP contribution is 2.38. The molecule has 30 heavy (non-hydrogen) atoms. The molecule has 0 aliphatic carbocycles. The Bertz CT molecular complexity index is 1330. The number of carbonyl (C=O) groups is 2. The second-order valence-corrected chi connectivity index (χ2v) is 7.32. The first-order valence-corrected chi connectivity index (χ1v) is 9.68. The van der Waals surface area contributed by atoms with Crippen LogP contribution in [-0.2, 0) is 0 Å². The average Bonchev–Trinajstić information content (AvgIpc) is 2.89. The highest BCUT2D eigenvalue weighted by atomic mass is 35.5. The van der Waals surface area contributed by atoms with E-state index < -0.39 is 0 Å². The van der Waals surface area contributed by atoms with Crippen molar-refractivity contribution < 1.29 is 14.3 Å². The van der Waals surface area contributed by atoms with Crippen molar-refractivity contribution in [2.45, 2.75) is 0 Å². The normalized spacial score (nSPS) is 12.2. The monoisotopic (exact) mass is 414 g/mol. The number of carbonyl (C=O) groups excluding carboxylic acids is 2. The van der Waals surface area contributed by atoms with Gasteiger partial charge in [0.1, 0.15) is 5.75 Å². The summed E-state index contributed by atoms with van der Waals surface area (Å²) in [5.74, 6) is 0.305. The van der Waals surface area contributed by atoms with E-state index in [-0.39, 0.29) is 11.8 Å². The van der Waals surface area contributed by atoms with Crippen molar-refractivity contribution in [2.75, 3.05) is 10.6 Å². The summed E-state index contributed by atoms with van der Waals surface area (Å²) in [5, 5.41) is 8.01. The predicted molar refractivity (Wildman–Crippen MR) is 118 cm³/mol. The molecule has 1 aliphatic heterocycles. The van der Waals surface area contributed by atoms with Crippen LogP contribution in [0.15, 0.2) is 78.9 Å². The fraction of sp³-hybridized carbons (Fsp3) is 0. The Morgan fingerprint density at radius 3 is 2.60 bits per heavy atom. The van der Waals surface area contributed by atoms with Gasteiger partial charge in [-0.1, -0.05) is 48.0 Å². The molecule has 0 saturated carbocycles. The lowest BCUT2D eigenvalue weighted by Crippen LogP contribution is -2.14. The van der Waals surface area contributed by atoms with Gasteiger partial charge < -0.3 is 15.4 Å². The maximum atomic E-state index is 12.9. The average molecular weight is 415 g/mol. The predicted octanol–water partition coefficient (Wildman–Crippen LogP) is 6.10. The molecular formula is C24H15ClN2O3. The summed E-state index contributed by atoms with van der Waals surface area (Å²) in [6.45, 7) is 0. The number of fused-ring (bicyclic) bond motifs is 3. The number of benzene rings is 4. The van der Waals surface area contributed by atoms with Gasteiger partial charge in [0, 0.05) is 16.3 Å². The molecule has 0 spiro atoms. The van der Waals surface area contributed by atoms with Gasteiger partial charge in [0.25, 0.3) is 11.8 Å². The van der Waals surface area contributed by atoms with Crippen LogP contribution < -0.4 is 15.4 Å². The largest absolute Gasteiger partial charge is 0.454 e. The van der Waals surface area contributed by atoms with Gasteiger partial charge in [-0.05, 0) is 53.2 Å². The van der Waals surface area contributed by atoms with Crippen LogP contribution in [0.2, 0.25) is 5.02 Å². The molecule has 0 unspecified atom stereocenters. The van der Waals surface area contributed by atoms with Crippen molar-refractivity contribution in [1.82, 2.24) is 0 Å². The number of anilines is 2. The quantitative estimate of drug-likeness (QED) is 0.416. The fourth-order valence-electron chi connectivity index (χ4n) is 3.49. The molecule has 0 radical (unpaired) electrons. The van der Waals surface area contributed by atoms with Gasteiger partial charge in [-0.3, -0.25) is 9.59 Å². The van der Waals surface area contributed by atoms with Gasteiger partial charge in [0.15, 0.2) is 5.75 Å². The van der Waals surface area contributed by atoms with Crippen LogP contribution in [0.4, 0.5) is 11.4 Å². The van der Waals surface area contributed by atoms with Crippen molar-refractivity contribution in [3.05, 3.63) is 95.0 Å². The Labute approximate surface area is 177 Å². The lowest BCUT2D eigenvalue weighted by atomic mass is 10.0. The van der Waals surface area contributed by atoms with Crippen LogP contribution in [0.1, 0.15) is 20.7 Å². The minimum Gasteiger partial charge on any atom is -0.454 e. The van der Waals surface area contributed by atoms with E-state index in [4.69, 9.17) is 16.3 Å². The van der Waals surface area contributed by atoms with E-state index in [9.17, 15) is 9.59 Å². The fourth-order valence-corrected chi connectivity index (χ4v) is 3.67. The molecule has 6 heteroatoms. The molecule has 5 nitrogen and oxygen atoms in total. The van der Waals surface area contributed by atoms with E-state index in [0.717, 1.165) is 10.8 Å². The van der Waals surface area contributed by atoms with Crippen LogP contribution in [0.3, 0.4) is 0 Å². The lowest BCUT2D eigenvalue weighted by Gasteiger charge is -2.11. The first-order chi connectivity index (χ1) is 14.6. The van der Waals surface area contributed by atoms with E-state index in [1.807, 2.05) is 36.4 Å². The van der Waals surface area contributed by atoms with Crippen LogP contribution in [0.5, 0.6) is 11.5 Å². The zero-order valence-corrected chi connectivity index (χ0v) is 16.4. The summed E-state index contributed by atoms with van der Waals surface area (Å²) in [6, 6.07) is 23.3. The highest BCUT2D eigenvalue weighted by Gasteiger charge is 2.22. The molecule has 0 atom stereocenters. The second kappa shape index (κ2) is 7.21. The third kappa shape index (κ3) is 3.25. The number of nitrogens with one attached hydrogen (secondary N) is 2. The van der Waals surface area contributed by atoms with Gasteiger partial charge in [0.05, 0.1) is 11.3 Å². The SMILES string of the molecule is O=C1Nc2cc(Cl)ccc2Oc2ccc(NC(=O)c3cccc4ccccc34)cc21. The minimum absolute atomic E-state index is 0.253. The van der Waals surface area contributed by atoms with Gasteiger partial charge in [-0.2, -0.15) is 0 Å². The van der Waals surface area contributed by atoms with E-state index in [2.05, 4.69) is 10.6 Å². The molecule has 146 valence electrons. The summed E-state index contributed by atoms with van der Waals surface area (Å²) in [6.07, 6.45) is 0. The highest BCUT2D eigenvalue weighted by molar-refractivity contribution is 6.31. The van der Waals surface area contributed by atoms with Crippen LogP contribution >= 0.6 is 11.6 Å². The first kappa shape index (κ1) is 18.2. The number of hydrogen-bond acceptors (Lipinski definition) is 3. The summed E-state index contributed by atoms with van der Waals surface area (Å²) in [4.78, 5) is 25.6. The van der Waals surface area contributed by atoms with Crippen molar-refractivity contribution in [1.29, 1.82) is 0 Å². The van der Waals surface area contributed by atoms with E-state index >= 15 is 0 Å². The van der Waals surface area contributed by atoms with Crippen molar-refractivity contribution in [2.24, 2.45) is 0 Å². The van der Waals surface area contributed by atoms with E-state index in [1.54, 1.807) is 42.5 Å². The maximum Gasteiger partial charge on any atom is 0.259 e. The number of ether oxygens (including phenoxy) is 1. The van der Waals surface area contributed by atoms with Crippen LogP contribution in [0.25, 0.3) is 10.8 Å². The van der Waals surface area contributed by atoms with Crippen molar-refractivity contribution in [3.63, 3.8) is 0 Å². The lowest BCUT2D eigenvalue weighted by molar-refractivity contribution is 0.101. The molecule has 4 aromatic rings. The Morgan fingerprint density at radius 2 is 1.70 bits per heavy atom. The van der Waals surface area contributed by atoms with Crippen LogP contribution in [-0.4, -0.2) is 11.8 Å². The molecule has 5 rings (SSSR count). The zero-order valence-electron chi connectivity index (χ0n) is 15.6. The zero-order chi connectivity index (χ0) is 20.7. The number of rotatable bonds is 2. The molecule has 0 fully saturated rings. The molecule has 2 amide bonds. The molecule has 0 aromatic heterocycles. The van der Waals surface area contributed by atoms with Gasteiger partial charge >= 0.3 is 0 Å².